The highest BCUT2D eigenvalue weighted by molar-refractivity contribution is 6.09. The fourth-order valence-corrected chi connectivity index (χ4v) is 2.23. The molecule has 0 atom stereocenters. The van der Waals surface area contributed by atoms with Crippen LogP contribution in [-0.4, -0.2) is 13.0 Å². The molecule has 0 fully saturated rings. The zero-order valence-electron chi connectivity index (χ0n) is 12.0. The van der Waals surface area contributed by atoms with Crippen LogP contribution in [0.5, 0.6) is 5.75 Å². The predicted octanol–water partition coefficient (Wildman–Crippen LogP) is 2.97. The van der Waals surface area contributed by atoms with Crippen LogP contribution in [0.15, 0.2) is 48.2 Å². The Labute approximate surface area is 123 Å². The Morgan fingerprint density at radius 3 is 2.57 bits per heavy atom. The second kappa shape index (κ2) is 4.98. The molecule has 21 heavy (non-hydrogen) atoms. The van der Waals surface area contributed by atoms with Gasteiger partial charge in [0.25, 0.3) is 5.91 Å². The molecule has 0 unspecified atom stereocenters. The molecule has 4 nitrogen and oxygen atoms in total. The maximum absolute atomic E-state index is 12.3. The van der Waals surface area contributed by atoms with E-state index in [4.69, 9.17) is 10.5 Å². The number of amides is 1. The van der Waals surface area contributed by atoms with Crippen molar-refractivity contribution in [3.63, 3.8) is 0 Å². The topological polar surface area (TPSA) is 55.6 Å². The quantitative estimate of drug-likeness (QED) is 0.645. The summed E-state index contributed by atoms with van der Waals surface area (Å²) in [6, 6.07) is 13.2. The lowest BCUT2D eigenvalue weighted by atomic mass is 10.1. The number of hydrogen-bond donors (Lipinski definition) is 1. The first-order valence-electron chi connectivity index (χ1n) is 6.68. The zero-order chi connectivity index (χ0) is 15.0. The molecule has 2 aromatic carbocycles. The molecular weight excluding hydrogens is 264 g/mol. The Kier molecular flexibility index (Phi) is 3.14. The van der Waals surface area contributed by atoms with Crippen molar-refractivity contribution < 1.29 is 9.53 Å². The van der Waals surface area contributed by atoms with Crippen molar-refractivity contribution in [1.29, 1.82) is 0 Å². The SMILES string of the molecule is Cc1ccc(/C=C2/Oc3cc(N)ccc3N(C)C2=O)cc1. The van der Waals surface area contributed by atoms with Crippen molar-refractivity contribution in [2.45, 2.75) is 6.92 Å². The van der Waals surface area contributed by atoms with Gasteiger partial charge in [-0.1, -0.05) is 29.8 Å². The van der Waals surface area contributed by atoms with Crippen LogP contribution in [0.3, 0.4) is 0 Å². The largest absolute Gasteiger partial charge is 0.449 e. The van der Waals surface area contributed by atoms with E-state index in [1.807, 2.05) is 31.2 Å². The monoisotopic (exact) mass is 280 g/mol. The number of anilines is 2. The third-order valence-corrected chi connectivity index (χ3v) is 3.46. The van der Waals surface area contributed by atoms with Crippen LogP contribution >= 0.6 is 0 Å². The molecule has 0 spiro atoms. The van der Waals surface area contributed by atoms with E-state index < -0.39 is 0 Å². The Morgan fingerprint density at radius 2 is 1.86 bits per heavy atom. The number of ether oxygens (including phenoxy) is 1. The second-order valence-electron chi connectivity index (χ2n) is 5.11. The molecule has 1 heterocycles. The molecule has 3 rings (SSSR count). The predicted molar refractivity (Wildman–Crippen MR) is 84.0 cm³/mol. The molecule has 0 aromatic heterocycles. The van der Waals surface area contributed by atoms with Crippen molar-refractivity contribution in [2.75, 3.05) is 17.7 Å². The van der Waals surface area contributed by atoms with E-state index in [1.54, 1.807) is 36.2 Å². The number of nitrogen functional groups attached to an aromatic ring is 1. The van der Waals surface area contributed by atoms with Gasteiger partial charge in [0.2, 0.25) is 0 Å². The maximum Gasteiger partial charge on any atom is 0.293 e. The summed E-state index contributed by atoms with van der Waals surface area (Å²) < 4.78 is 5.72. The minimum Gasteiger partial charge on any atom is -0.449 e. The van der Waals surface area contributed by atoms with Gasteiger partial charge in [0.05, 0.1) is 5.69 Å². The average Bonchev–Trinajstić information content (AvgIpc) is 2.46. The molecular formula is C17H16N2O2. The summed E-state index contributed by atoms with van der Waals surface area (Å²) in [4.78, 5) is 13.9. The van der Waals surface area contributed by atoms with E-state index in [0.717, 1.165) is 11.3 Å². The van der Waals surface area contributed by atoms with Gasteiger partial charge < -0.3 is 15.4 Å². The smallest absolute Gasteiger partial charge is 0.293 e. The molecule has 0 saturated heterocycles. The van der Waals surface area contributed by atoms with Gasteiger partial charge in [0.15, 0.2) is 11.5 Å². The molecule has 0 bridgehead atoms. The van der Waals surface area contributed by atoms with E-state index >= 15 is 0 Å². The number of nitrogens with zero attached hydrogens (tertiary/aromatic N) is 1. The normalized spacial score (nSPS) is 15.8. The number of hydrogen-bond acceptors (Lipinski definition) is 3. The molecule has 2 N–H and O–H groups in total. The summed E-state index contributed by atoms with van der Waals surface area (Å²) in [5.74, 6) is 0.711. The van der Waals surface area contributed by atoms with Crippen molar-refractivity contribution >= 4 is 23.4 Å². The minimum atomic E-state index is -0.173. The highest BCUT2D eigenvalue weighted by atomic mass is 16.5. The molecule has 0 radical (unpaired) electrons. The van der Waals surface area contributed by atoms with Crippen LogP contribution in [0.1, 0.15) is 11.1 Å². The number of nitrogens with two attached hydrogens (primary N) is 1. The Morgan fingerprint density at radius 1 is 1.14 bits per heavy atom. The first-order valence-corrected chi connectivity index (χ1v) is 6.68. The lowest BCUT2D eigenvalue weighted by Crippen LogP contribution is -2.33. The first kappa shape index (κ1) is 13.2. The summed E-state index contributed by atoms with van der Waals surface area (Å²) in [5.41, 5.74) is 9.19. The van der Waals surface area contributed by atoms with Crippen LogP contribution in [0.25, 0.3) is 6.08 Å². The van der Waals surface area contributed by atoms with Crippen molar-refractivity contribution in [3.8, 4) is 5.75 Å². The van der Waals surface area contributed by atoms with Crippen LogP contribution in [0.2, 0.25) is 0 Å². The summed E-state index contributed by atoms with van der Waals surface area (Å²) in [6.45, 7) is 2.02. The van der Waals surface area contributed by atoms with Gasteiger partial charge >= 0.3 is 0 Å². The number of benzene rings is 2. The van der Waals surface area contributed by atoms with Gasteiger partial charge in [-0.15, -0.1) is 0 Å². The third-order valence-electron chi connectivity index (χ3n) is 3.46. The van der Waals surface area contributed by atoms with Crippen LogP contribution in [0.4, 0.5) is 11.4 Å². The fourth-order valence-electron chi connectivity index (χ4n) is 2.23. The Bertz CT molecular complexity index is 733. The molecule has 0 saturated carbocycles. The zero-order valence-corrected chi connectivity index (χ0v) is 12.0. The lowest BCUT2D eigenvalue weighted by Gasteiger charge is -2.27. The van der Waals surface area contributed by atoms with E-state index in [9.17, 15) is 4.79 Å². The van der Waals surface area contributed by atoms with Crippen molar-refractivity contribution in [2.24, 2.45) is 0 Å². The number of aryl methyl sites for hydroxylation is 1. The number of carbonyl (C=O) groups excluding carboxylic acids is 1. The molecule has 106 valence electrons. The van der Waals surface area contributed by atoms with Crippen molar-refractivity contribution in [1.82, 2.24) is 0 Å². The Balaban J connectivity index is 2.01. The molecule has 2 aromatic rings. The van der Waals surface area contributed by atoms with E-state index in [2.05, 4.69) is 0 Å². The molecule has 1 aliphatic rings. The van der Waals surface area contributed by atoms with Crippen LogP contribution in [0, 0.1) is 6.92 Å². The summed E-state index contributed by atoms with van der Waals surface area (Å²) in [6.07, 6.45) is 1.74. The van der Waals surface area contributed by atoms with Crippen LogP contribution in [-0.2, 0) is 4.79 Å². The molecule has 1 aliphatic heterocycles. The van der Waals surface area contributed by atoms with Gasteiger partial charge in [0, 0.05) is 18.8 Å². The number of likely N-dealkylation sites (N-methyl/N-ethyl adjacent to an activating group) is 1. The fraction of sp³-hybridized carbons (Fsp3) is 0.118. The van der Waals surface area contributed by atoms with Gasteiger partial charge in [-0.25, -0.2) is 0 Å². The highest BCUT2D eigenvalue weighted by Gasteiger charge is 2.27. The number of rotatable bonds is 1. The minimum absolute atomic E-state index is 0.173. The van der Waals surface area contributed by atoms with Gasteiger partial charge in [-0.05, 0) is 30.7 Å². The highest BCUT2D eigenvalue weighted by Crippen LogP contribution is 2.36. The standard InChI is InChI=1S/C17H16N2O2/c1-11-3-5-12(6-4-11)9-16-17(20)19(2)14-8-7-13(18)10-15(14)21-16/h3-10H,18H2,1-2H3/b16-9+. The summed E-state index contributed by atoms with van der Waals surface area (Å²) in [7, 11) is 1.73. The number of carbonyl (C=O) groups is 1. The van der Waals surface area contributed by atoms with Gasteiger partial charge in [-0.3, -0.25) is 4.79 Å². The molecule has 0 aliphatic carbocycles. The first-order chi connectivity index (χ1) is 10.0. The molecule has 4 heteroatoms. The Hall–Kier alpha value is -2.75. The van der Waals surface area contributed by atoms with Gasteiger partial charge in [0.1, 0.15) is 0 Å². The second-order valence-corrected chi connectivity index (χ2v) is 5.11. The van der Waals surface area contributed by atoms with Crippen LogP contribution < -0.4 is 15.4 Å². The lowest BCUT2D eigenvalue weighted by molar-refractivity contribution is -0.117. The van der Waals surface area contributed by atoms with Gasteiger partial charge in [-0.2, -0.15) is 0 Å². The van der Waals surface area contributed by atoms with Crippen molar-refractivity contribution in [3.05, 3.63) is 59.4 Å². The summed E-state index contributed by atoms with van der Waals surface area (Å²) in [5, 5.41) is 0. The number of fused-ring (bicyclic) bond motifs is 1. The third kappa shape index (κ3) is 2.48. The molecule has 1 amide bonds. The van der Waals surface area contributed by atoms with E-state index in [0.29, 0.717) is 17.2 Å². The van der Waals surface area contributed by atoms with E-state index in [-0.39, 0.29) is 5.91 Å². The van der Waals surface area contributed by atoms with E-state index in [1.165, 1.54) is 5.56 Å². The summed E-state index contributed by atoms with van der Waals surface area (Å²) >= 11 is 0. The maximum atomic E-state index is 12.3. The average molecular weight is 280 g/mol.